The van der Waals surface area contributed by atoms with Gasteiger partial charge in [-0.2, -0.15) is 13.9 Å². The molecule has 0 aliphatic carbocycles. The lowest BCUT2D eigenvalue weighted by atomic mass is 10.1. The summed E-state index contributed by atoms with van der Waals surface area (Å²) >= 11 is 6.22. The van der Waals surface area contributed by atoms with Crippen LogP contribution in [0.3, 0.4) is 0 Å². The highest BCUT2D eigenvalue weighted by Gasteiger charge is 2.39. The molecule has 0 saturated carbocycles. The standard InChI is InChI=1S/C18H17ClF2N6/c1-12-7-8-15(18(20,21)17-22-25-26-23-17)9-10-27(24-13(12)2)11-14-5-3-4-6-16(14)19/h3-9H,1,10-11H2,2H3,(H,22,23,25,26)/b8-7-,15-9+,24-13-. The fourth-order valence-electron chi connectivity index (χ4n) is 2.48. The summed E-state index contributed by atoms with van der Waals surface area (Å²) in [6.45, 7) is 6.17. The SMILES string of the molecule is C=C1/C=C\C(C(F)(F)c2nnn[nH]2)=C/CN(Cc2ccccc2Cl)/N=C\1C. The molecule has 3 rings (SSSR count). The van der Waals surface area contributed by atoms with E-state index < -0.39 is 11.7 Å². The van der Waals surface area contributed by atoms with Gasteiger partial charge in [-0.1, -0.05) is 54.6 Å². The Morgan fingerprint density at radius 1 is 1.30 bits per heavy atom. The molecule has 1 aliphatic heterocycles. The summed E-state index contributed by atoms with van der Waals surface area (Å²) in [5, 5.41) is 18.7. The van der Waals surface area contributed by atoms with E-state index in [4.69, 9.17) is 11.6 Å². The van der Waals surface area contributed by atoms with Crippen LogP contribution in [0.25, 0.3) is 0 Å². The Bertz CT molecular complexity index is 918. The quantitative estimate of drug-likeness (QED) is 0.860. The fourth-order valence-corrected chi connectivity index (χ4v) is 2.68. The Morgan fingerprint density at radius 3 is 2.78 bits per heavy atom. The Balaban J connectivity index is 1.94. The maximum Gasteiger partial charge on any atom is 0.332 e. The second-order valence-corrected chi connectivity index (χ2v) is 6.37. The van der Waals surface area contributed by atoms with Crippen molar-refractivity contribution in [3.63, 3.8) is 0 Å². The third-order valence-electron chi connectivity index (χ3n) is 4.06. The van der Waals surface area contributed by atoms with Gasteiger partial charge in [-0.05, 0) is 34.6 Å². The molecule has 0 spiro atoms. The van der Waals surface area contributed by atoms with E-state index >= 15 is 0 Å². The number of nitrogens with one attached hydrogen (secondary N) is 1. The monoisotopic (exact) mass is 390 g/mol. The second kappa shape index (κ2) is 7.79. The first-order chi connectivity index (χ1) is 12.9. The molecular formula is C18H17ClF2N6. The van der Waals surface area contributed by atoms with Gasteiger partial charge in [0.05, 0.1) is 18.8 Å². The number of hydrazone groups is 1. The van der Waals surface area contributed by atoms with Crippen LogP contribution in [0.5, 0.6) is 0 Å². The van der Waals surface area contributed by atoms with Gasteiger partial charge in [0.2, 0.25) is 5.82 Å². The van der Waals surface area contributed by atoms with E-state index in [1.165, 1.54) is 18.2 Å². The van der Waals surface area contributed by atoms with Gasteiger partial charge in [-0.15, -0.1) is 5.10 Å². The van der Waals surface area contributed by atoms with Crippen molar-refractivity contribution in [2.24, 2.45) is 5.10 Å². The maximum absolute atomic E-state index is 14.8. The Labute approximate surface area is 159 Å². The summed E-state index contributed by atoms with van der Waals surface area (Å²) in [6, 6.07) is 7.33. The van der Waals surface area contributed by atoms with Crippen molar-refractivity contribution in [1.82, 2.24) is 25.6 Å². The molecule has 0 bridgehead atoms. The van der Waals surface area contributed by atoms with Gasteiger partial charge in [0, 0.05) is 10.6 Å². The lowest BCUT2D eigenvalue weighted by Crippen LogP contribution is -2.22. The van der Waals surface area contributed by atoms with Gasteiger partial charge in [0.25, 0.3) is 0 Å². The number of allylic oxidation sites excluding steroid dienone is 4. The van der Waals surface area contributed by atoms with Crippen molar-refractivity contribution in [3.8, 4) is 0 Å². The van der Waals surface area contributed by atoms with Crippen LogP contribution in [0.2, 0.25) is 5.02 Å². The summed E-state index contributed by atoms with van der Waals surface area (Å²) in [5.74, 6) is -4.01. The van der Waals surface area contributed by atoms with Crippen molar-refractivity contribution in [3.05, 3.63) is 76.6 Å². The third-order valence-corrected chi connectivity index (χ3v) is 4.43. The molecule has 1 aliphatic rings. The minimum atomic E-state index is -3.38. The lowest BCUT2D eigenvalue weighted by molar-refractivity contribution is 0.0314. The zero-order valence-electron chi connectivity index (χ0n) is 14.5. The zero-order chi connectivity index (χ0) is 19.4. The van der Waals surface area contributed by atoms with Crippen LogP contribution in [-0.2, 0) is 12.5 Å². The first kappa shape index (κ1) is 18.9. The smallest absolute Gasteiger partial charge is 0.288 e. The van der Waals surface area contributed by atoms with E-state index in [1.54, 1.807) is 18.0 Å². The number of rotatable bonds is 4. The highest BCUT2D eigenvalue weighted by molar-refractivity contribution is 6.31. The Hall–Kier alpha value is -2.87. The average molecular weight is 391 g/mol. The van der Waals surface area contributed by atoms with Gasteiger partial charge < -0.3 is 0 Å². The fraction of sp³-hybridized carbons (Fsp3) is 0.222. The molecule has 2 heterocycles. The first-order valence-electron chi connectivity index (χ1n) is 8.11. The molecule has 0 radical (unpaired) electrons. The molecule has 0 atom stereocenters. The van der Waals surface area contributed by atoms with Crippen LogP contribution < -0.4 is 0 Å². The summed E-state index contributed by atoms with van der Waals surface area (Å²) in [5.41, 5.74) is 1.74. The topological polar surface area (TPSA) is 70.1 Å². The summed E-state index contributed by atoms with van der Waals surface area (Å²) in [7, 11) is 0. The van der Waals surface area contributed by atoms with E-state index in [9.17, 15) is 8.78 Å². The number of hydrogen-bond acceptors (Lipinski definition) is 5. The van der Waals surface area contributed by atoms with Crippen LogP contribution in [0, 0.1) is 0 Å². The van der Waals surface area contributed by atoms with Gasteiger partial charge in [0.15, 0.2) is 0 Å². The van der Waals surface area contributed by atoms with Gasteiger partial charge >= 0.3 is 5.92 Å². The number of halogens is 3. The first-order valence-corrected chi connectivity index (χ1v) is 8.49. The molecule has 0 saturated heterocycles. The molecule has 140 valence electrons. The number of nitrogens with zero attached hydrogens (tertiary/aromatic N) is 5. The molecule has 6 nitrogen and oxygen atoms in total. The zero-order valence-corrected chi connectivity index (χ0v) is 15.3. The van der Waals surface area contributed by atoms with Gasteiger partial charge in [0.1, 0.15) is 0 Å². The molecular weight excluding hydrogens is 374 g/mol. The minimum absolute atomic E-state index is 0.146. The molecule has 1 aromatic carbocycles. The van der Waals surface area contributed by atoms with Crippen molar-refractivity contribution in [1.29, 1.82) is 0 Å². The number of aromatic amines is 1. The molecule has 1 aromatic heterocycles. The molecule has 9 heteroatoms. The number of alkyl halides is 2. The number of hydrogen-bond donors (Lipinski definition) is 1. The lowest BCUT2D eigenvalue weighted by Gasteiger charge is -2.20. The van der Waals surface area contributed by atoms with E-state index in [1.807, 2.05) is 18.2 Å². The van der Waals surface area contributed by atoms with Crippen LogP contribution >= 0.6 is 11.6 Å². The van der Waals surface area contributed by atoms with E-state index in [0.717, 1.165) is 5.56 Å². The molecule has 0 fully saturated rings. The number of tetrazole rings is 1. The molecule has 2 aromatic rings. The van der Waals surface area contributed by atoms with E-state index in [0.29, 0.717) is 22.9 Å². The van der Waals surface area contributed by atoms with Crippen molar-refractivity contribution in [2.45, 2.75) is 19.4 Å². The van der Waals surface area contributed by atoms with Crippen LogP contribution in [0.1, 0.15) is 18.3 Å². The van der Waals surface area contributed by atoms with E-state index in [-0.39, 0.29) is 12.1 Å². The van der Waals surface area contributed by atoms with Crippen molar-refractivity contribution < 1.29 is 8.78 Å². The van der Waals surface area contributed by atoms with Crippen LogP contribution in [0.4, 0.5) is 8.78 Å². The summed E-state index contributed by atoms with van der Waals surface area (Å²) < 4.78 is 29.5. The Kier molecular flexibility index (Phi) is 5.46. The number of aromatic nitrogens is 4. The van der Waals surface area contributed by atoms with E-state index in [2.05, 4.69) is 32.3 Å². The van der Waals surface area contributed by atoms with Gasteiger partial charge in [-0.3, -0.25) is 5.01 Å². The van der Waals surface area contributed by atoms with Crippen LogP contribution in [0.15, 0.2) is 65.3 Å². The third kappa shape index (κ3) is 4.28. The average Bonchev–Trinajstić information content (AvgIpc) is 3.18. The maximum atomic E-state index is 14.8. The molecule has 0 amide bonds. The Morgan fingerprint density at radius 2 is 2.07 bits per heavy atom. The minimum Gasteiger partial charge on any atom is -0.288 e. The summed E-state index contributed by atoms with van der Waals surface area (Å²) in [6.07, 6.45) is 4.20. The second-order valence-electron chi connectivity index (χ2n) is 5.97. The molecule has 27 heavy (non-hydrogen) atoms. The van der Waals surface area contributed by atoms with Crippen LogP contribution in [-0.4, -0.2) is 37.9 Å². The predicted molar refractivity (Wildman–Crippen MR) is 99.4 cm³/mol. The highest BCUT2D eigenvalue weighted by atomic mass is 35.5. The molecule has 1 N–H and O–H groups in total. The predicted octanol–water partition coefficient (Wildman–Crippen LogP) is 3.88. The normalized spacial score (nSPS) is 20.7. The highest BCUT2D eigenvalue weighted by Crippen LogP contribution is 2.34. The molecule has 0 unspecified atom stereocenters. The number of H-pyrrole nitrogens is 1. The van der Waals surface area contributed by atoms with Gasteiger partial charge in [-0.25, -0.2) is 5.10 Å². The largest absolute Gasteiger partial charge is 0.332 e. The number of benzene rings is 1. The summed E-state index contributed by atoms with van der Waals surface area (Å²) in [4.78, 5) is 0. The van der Waals surface area contributed by atoms with Crippen molar-refractivity contribution >= 4 is 17.3 Å². The van der Waals surface area contributed by atoms with Crippen molar-refractivity contribution in [2.75, 3.05) is 6.54 Å².